The van der Waals surface area contributed by atoms with Gasteiger partial charge < -0.3 is 9.84 Å². The van der Waals surface area contributed by atoms with Crippen LogP contribution in [0.1, 0.15) is 0 Å². The molecule has 0 aliphatic carbocycles. The number of thioether (sulfide) groups is 1. The molecule has 0 aliphatic rings. The number of rotatable bonds is 5. The molecule has 1 atom stereocenters. The van der Waals surface area contributed by atoms with Crippen molar-refractivity contribution in [2.45, 2.75) is 6.10 Å². The standard InChI is InChI=1S/C17H13NO3S2/c18-10-22-9-11(19)8-21-12-5-6-16-14(7-12)17(20)13-3-1-2-4-15(13)23-16/h1-7,11,19H,8-9H2. The molecule has 0 spiro atoms. The molecular weight excluding hydrogens is 330 g/mol. The summed E-state index contributed by atoms with van der Waals surface area (Å²) in [5, 5.41) is 21.4. The Balaban J connectivity index is 1.90. The van der Waals surface area contributed by atoms with Gasteiger partial charge in [0.1, 0.15) is 17.8 Å². The van der Waals surface area contributed by atoms with Gasteiger partial charge in [-0.25, -0.2) is 0 Å². The summed E-state index contributed by atoms with van der Waals surface area (Å²) in [5.41, 5.74) is -0.0135. The molecule has 0 aliphatic heterocycles. The highest BCUT2D eigenvalue weighted by Gasteiger charge is 2.09. The Morgan fingerprint density at radius 1 is 1.22 bits per heavy atom. The second-order valence-electron chi connectivity index (χ2n) is 4.95. The molecule has 2 aromatic carbocycles. The van der Waals surface area contributed by atoms with Crippen molar-refractivity contribution in [2.24, 2.45) is 0 Å². The van der Waals surface area contributed by atoms with Gasteiger partial charge in [-0.05, 0) is 42.1 Å². The minimum atomic E-state index is -0.721. The van der Waals surface area contributed by atoms with Gasteiger partial charge in [-0.2, -0.15) is 5.26 Å². The summed E-state index contributed by atoms with van der Waals surface area (Å²) in [4.78, 5) is 12.6. The van der Waals surface area contributed by atoms with Crippen LogP contribution in [-0.4, -0.2) is 23.6 Å². The fourth-order valence-corrected chi connectivity index (χ4v) is 3.66. The fourth-order valence-electron chi connectivity index (χ4n) is 2.25. The summed E-state index contributed by atoms with van der Waals surface area (Å²) in [7, 11) is 0. The number of fused-ring (bicyclic) bond motifs is 2. The second-order valence-corrected chi connectivity index (χ2v) is 6.84. The average Bonchev–Trinajstić information content (AvgIpc) is 2.58. The lowest BCUT2D eigenvalue weighted by Gasteiger charge is -2.11. The van der Waals surface area contributed by atoms with Gasteiger partial charge in [0.05, 0.1) is 6.10 Å². The van der Waals surface area contributed by atoms with E-state index in [1.165, 1.54) is 0 Å². The molecule has 116 valence electrons. The first-order chi connectivity index (χ1) is 11.2. The van der Waals surface area contributed by atoms with Crippen molar-refractivity contribution in [3.63, 3.8) is 0 Å². The Morgan fingerprint density at radius 2 is 2.00 bits per heavy atom. The number of thiocyanates is 1. The monoisotopic (exact) mass is 343 g/mol. The van der Waals surface area contributed by atoms with Crippen molar-refractivity contribution in [1.29, 1.82) is 5.26 Å². The van der Waals surface area contributed by atoms with Gasteiger partial charge >= 0.3 is 0 Å². The molecule has 3 aromatic rings. The molecule has 0 saturated carbocycles. The van der Waals surface area contributed by atoms with E-state index < -0.39 is 6.10 Å². The zero-order valence-electron chi connectivity index (χ0n) is 12.1. The largest absolute Gasteiger partial charge is 0.491 e. The number of nitrogens with zero attached hydrogens (tertiary/aromatic N) is 1. The predicted octanol–water partition coefficient (Wildman–Crippen LogP) is 3.37. The topological polar surface area (TPSA) is 70.3 Å². The van der Waals surface area contributed by atoms with E-state index in [-0.39, 0.29) is 12.0 Å². The first kappa shape index (κ1) is 15.8. The molecule has 4 nitrogen and oxygen atoms in total. The quantitative estimate of drug-likeness (QED) is 0.568. The van der Waals surface area contributed by atoms with Crippen LogP contribution in [-0.2, 0) is 0 Å². The van der Waals surface area contributed by atoms with Gasteiger partial charge in [0, 0.05) is 25.9 Å². The minimum absolute atomic E-state index is 0.0135. The third-order valence-electron chi connectivity index (χ3n) is 3.33. The molecular formula is C17H13NO3S2. The van der Waals surface area contributed by atoms with Gasteiger partial charge in [-0.1, -0.05) is 12.1 Å². The number of aliphatic hydroxyl groups is 1. The molecule has 0 saturated heterocycles. The van der Waals surface area contributed by atoms with Crippen LogP contribution in [0.5, 0.6) is 5.75 Å². The number of hydrogen-bond acceptors (Lipinski definition) is 6. The molecule has 0 bridgehead atoms. The molecule has 6 heteroatoms. The van der Waals surface area contributed by atoms with Gasteiger partial charge in [-0.15, -0.1) is 11.3 Å². The van der Waals surface area contributed by atoms with Crippen LogP contribution in [0.25, 0.3) is 20.2 Å². The molecule has 1 heterocycles. The van der Waals surface area contributed by atoms with Gasteiger partial charge in [0.15, 0.2) is 5.43 Å². The molecule has 3 rings (SSSR count). The van der Waals surface area contributed by atoms with E-state index in [0.717, 1.165) is 21.2 Å². The first-order valence-corrected chi connectivity index (χ1v) is 8.76. The highest BCUT2D eigenvalue weighted by Crippen LogP contribution is 2.27. The van der Waals surface area contributed by atoms with Gasteiger partial charge in [0.2, 0.25) is 0 Å². The Kier molecular flexibility index (Phi) is 4.82. The molecule has 0 fully saturated rings. The van der Waals surface area contributed by atoms with Crippen LogP contribution in [0, 0.1) is 10.7 Å². The van der Waals surface area contributed by atoms with Crippen LogP contribution in [0.15, 0.2) is 47.3 Å². The van der Waals surface area contributed by atoms with E-state index >= 15 is 0 Å². The second kappa shape index (κ2) is 7.01. The van der Waals surface area contributed by atoms with E-state index in [9.17, 15) is 9.90 Å². The summed E-state index contributed by atoms with van der Waals surface area (Å²) in [6, 6.07) is 12.9. The fraction of sp³-hybridized carbons (Fsp3) is 0.176. The Bertz CT molecular complexity index is 946. The lowest BCUT2D eigenvalue weighted by molar-refractivity contribution is 0.126. The van der Waals surface area contributed by atoms with Crippen molar-refractivity contribution >= 4 is 43.3 Å². The molecule has 0 amide bonds. The summed E-state index contributed by atoms with van der Waals surface area (Å²) in [5.74, 6) is 0.835. The van der Waals surface area contributed by atoms with Crippen LogP contribution in [0.2, 0.25) is 0 Å². The number of ether oxygens (including phenoxy) is 1. The van der Waals surface area contributed by atoms with Crippen LogP contribution in [0.3, 0.4) is 0 Å². The molecule has 0 radical (unpaired) electrons. The van der Waals surface area contributed by atoms with Crippen LogP contribution >= 0.6 is 23.1 Å². The summed E-state index contributed by atoms with van der Waals surface area (Å²) < 4.78 is 7.40. The third kappa shape index (κ3) is 3.48. The van der Waals surface area contributed by atoms with Crippen molar-refractivity contribution in [2.75, 3.05) is 12.4 Å². The van der Waals surface area contributed by atoms with Crippen molar-refractivity contribution in [3.05, 3.63) is 52.7 Å². The maximum atomic E-state index is 12.6. The van der Waals surface area contributed by atoms with E-state index in [4.69, 9.17) is 10.00 Å². The number of benzene rings is 2. The van der Waals surface area contributed by atoms with E-state index in [0.29, 0.717) is 22.3 Å². The van der Waals surface area contributed by atoms with Crippen LogP contribution in [0.4, 0.5) is 0 Å². The highest BCUT2D eigenvalue weighted by molar-refractivity contribution is 8.03. The molecule has 1 unspecified atom stereocenters. The number of aliphatic hydroxyl groups excluding tert-OH is 1. The van der Waals surface area contributed by atoms with Gasteiger partial charge in [-0.3, -0.25) is 4.79 Å². The Morgan fingerprint density at radius 3 is 2.83 bits per heavy atom. The molecule has 23 heavy (non-hydrogen) atoms. The Hall–Kier alpha value is -2.07. The predicted molar refractivity (Wildman–Crippen MR) is 95.2 cm³/mol. The third-order valence-corrected chi connectivity index (χ3v) is 5.16. The van der Waals surface area contributed by atoms with Crippen molar-refractivity contribution < 1.29 is 9.84 Å². The summed E-state index contributed by atoms with van der Waals surface area (Å²) >= 11 is 2.55. The van der Waals surface area contributed by atoms with E-state index in [1.807, 2.05) is 35.7 Å². The lowest BCUT2D eigenvalue weighted by atomic mass is 10.2. The first-order valence-electron chi connectivity index (χ1n) is 6.96. The highest BCUT2D eigenvalue weighted by atomic mass is 32.2. The summed E-state index contributed by atoms with van der Waals surface area (Å²) in [6.45, 7) is 0.0887. The van der Waals surface area contributed by atoms with Crippen molar-refractivity contribution in [3.8, 4) is 11.2 Å². The molecule has 1 N–H and O–H groups in total. The van der Waals surface area contributed by atoms with E-state index in [2.05, 4.69) is 0 Å². The maximum Gasteiger partial charge on any atom is 0.196 e. The average molecular weight is 343 g/mol. The van der Waals surface area contributed by atoms with Gasteiger partial charge in [0.25, 0.3) is 0 Å². The summed E-state index contributed by atoms with van der Waals surface area (Å²) in [6.07, 6.45) is -0.721. The maximum absolute atomic E-state index is 12.6. The zero-order chi connectivity index (χ0) is 16.2. The van der Waals surface area contributed by atoms with Crippen LogP contribution < -0.4 is 10.2 Å². The minimum Gasteiger partial charge on any atom is -0.491 e. The lowest BCUT2D eigenvalue weighted by Crippen LogP contribution is -2.19. The zero-order valence-corrected chi connectivity index (χ0v) is 13.7. The normalized spacial score (nSPS) is 12.2. The number of nitriles is 1. The van der Waals surface area contributed by atoms with E-state index in [1.54, 1.807) is 23.5 Å². The molecule has 1 aromatic heterocycles. The Labute approximate surface area is 140 Å². The SMILES string of the molecule is N#CSCC(O)COc1ccc2sc3ccccc3c(=O)c2c1. The smallest absolute Gasteiger partial charge is 0.196 e. The number of hydrogen-bond donors (Lipinski definition) is 1. The van der Waals surface area contributed by atoms with Crippen molar-refractivity contribution in [1.82, 2.24) is 0 Å².